The van der Waals surface area contributed by atoms with E-state index in [-0.39, 0.29) is 87.8 Å². The van der Waals surface area contributed by atoms with Crippen molar-refractivity contribution in [3.8, 4) is 5.75 Å². The molecule has 3 aromatic heterocycles. The molecule has 3 heterocycles. The Balaban J connectivity index is 0.00000361. The van der Waals surface area contributed by atoms with Crippen LogP contribution in [0.25, 0.3) is 6.08 Å². The fourth-order valence-corrected chi connectivity index (χ4v) is 3.80. The number of aromatic amines is 2. The van der Waals surface area contributed by atoms with Crippen molar-refractivity contribution in [2.24, 2.45) is 7.05 Å². The zero-order chi connectivity index (χ0) is 26.6. The molecular formula is C24H26F5KN5O3-. The van der Waals surface area contributed by atoms with E-state index in [1.54, 1.807) is 20.9 Å². The third kappa shape index (κ3) is 8.43. The van der Waals surface area contributed by atoms with Gasteiger partial charge in [-0.05, 0) is 25.0 Å². The molecule has 0 saturated carbocycles. The second kappa shape index (κ2) is 14.3. The number of hydrogen-bond acceptors (Lipinski definition) is 5. The topological polar surface area (TPSA) is 106 Å². The number of nitrogens with one attached hydrogen (secondary N) is 2. The minimum Gasteiger partial charge on any atom is -0.482 e. The van der Waals surface area contributed by atoms with Crippen molar-refractivity contribution in [2.45, 2.75) is 44.7 Å². The number of hydrogen-bond donors (Lipinski definition) is 2. The summed E-state index contributed by atoms with van der Waals surface area (Å²) < 4.78 is 72.6. The van der Waals surface area contributed by atoms with Gasteiger partial charge in [-0.2, -0.15) is 18.3 Å². The van der Waals surface area contributed by atoms with Gasteiger partial charge in [-0.3, -0.25) is 9.67 Å². The molecule has 1 unspecified atom stereocenters. The van der Waals surface area contributed by atoms with Gasteiger partial charge in [0.1, 0.15) is 5.75 Å². The van der Waals surface area contributed by atoms with Crippen LogP contribution in [0, 0.1) is 20.4 Å². The first-order valence-electron chi connectivity index (χ1n) is 10.8. The van der Waals surface area contributed by atoms with Gasteiger partial charge in [-0.15, -0.1) is 12.2 Å². The Labute approximate surface area is 258 Å². The number of ether oxygens (including phenoxy) is 1. The van der Waals surface area contributed by atoms with Gasteiger partial charge in [0.25, 0.3) is 0 Å². The molecule has 0 aromatic carbocycles. The second-order valence-electron chi connectivity index (χ2n) is 8.02. The van der Waals surface area contributed by atoms with Gasteiger partial charge in [-0.25, -0.2) is 13.6 Å². The molecule has 2 N–H and O–H groups in total. The second-order valence-corrected chi connectivity index (χ2v) is 8.02. The average molecular weight is 567 g/mol. The van der Waals surface area contributed by atoms with Gasteiger partial charge < -0.3 is 26.9 Å². The van der Waals surface area contributed by atoms with Crippen LogP contribution in [0.15, 0.2) is 34.2 Å². The molecule has 0 bridgehead atoms. The van der Waals surface area contributed by atoms with Crippen LogP contribution in [0.4, 0.5) is 22.0 Å². The molecule has 0 aliphatic carbocycles. The first-order valence-corrected chi connectivity index (χ1v) is 10.8. The molecule has 38 heavy (non-hydrogen) atoms. The van der Waals surface area contributed by atoms with Gasteiger partial charge >= 0.3 is 63.3 Å². The molecule has 3 aromatic rings. The molecule has 8 nitrogen and oxygen atoms in total. The number of aryl methyl sites for hydroxylation is 1. The van der Waals surface area contributed by atoms with Crippen LogP contribution in [0.3, 0.4) is 0 Å². The van der Waals surface area contributed by atoms with Crippen LogP contribution >= 0.6 is 0 Å². The van der Waals surface area contributed by atoms with Crippen LogP contribution in [0.5, 0.6) is 5.75 Å². The van der Waals surface area contributed by atoms with E-state index in [0.29, 0.717) is 11.3 Å². The summed E-state index contributed by atoms with van der Waals surface area (Å²) in [4.78, 5) is 31.4. The number of nitrogens with zero attached hydrogens (tertiary/aromatic N) is 3. The van der Waals surface area contributed by atoms with E-state index in [1.807, 2.05) is 0 Å². The maximum atomic E-state index is 14.4. The first-order chi connectivity index (χ1) is 16.9. The number of pyridine rings is 1. The maximum absolute atomic E-state index is 14.4. The van der Waals surface area contributed by atoms with E-state index >= 15 is 0 Å². The summed E-state index contributed by atoms with van der Waals surface area (Å²) in [7, 11) is 1.63. The maximum Gasteiger partial charge on any atom is 1.00 e. The summed E-state index contributed by atoms with van der Waals surface area (Å²) in [6.07, 6.45) is 0.244. The molecule has 0 radical (unpaired) electrons. The van der Waals surface area contributed by atoms with Crippen LogP contribution in [0.1, 0.15) is 53.3 Å². The Morgan fingerprint density at radius 3 is 2.50 bits per heavy atom. The number of H-pyrrole nitrogens is 2. The molecule has 3 rings (SSSR count). The van der Waals surface area contributed by atoms with Gasteiger partial charge in [0.05, 0.1) is 12.1 Å². The summed E-state index contributed by atoms with van der Waals surface area (Å²) in [6.45, 7) is 1.81. The Bertz CT molecular complexity index is 1350. The molecule has 0 aliphatic rings. The third-order valence-corrected chi connectivity index (χ3v) is 5.62. The first kappa shape index (κ1) is 33.9. The fourth-order valence-electron chi connectivity index (χ4n) is 3.80. The molecule has 202 valence electrons. The van der Waals surface area contributed by atoms with Crippen LogP contribution < -0.4 is 67.4 Å². The van der Waals surface area contributed by atoms with Crippen molar-refractivity contribution >= 4 is 6.08 Å². The van der Waals surface area contributed by atoms with E-state index < -0.39 is 42.3 Å². The summed E-state index contributed by atoms with van der Waals surface area (Å²) in [5.74, 6) is -2.62. The molecule has 2 atom stereocenters. The van der Waals surface area contributed by atoms with Crippen molar-refractivity contribution in [3.05, 3.63) is 87.1 Å². The SMILES string of the molecule is CCC(c1nn(C)c(C)c1C=[C-]c1c[nH]c(=O)[nH]c1=O)[C@@H](c1cncc(OCC(F)(F)F)c1)C(F)F.[CH3-].[K+]. The number of halogens is 5. The van der Waals surface area contributed by atoms with E-state index in [4.69, 9.17) is 0 Å². The van der Waals surface area contributed by atoms with Crippen LogP contribution in [-0.4, -0.2) is 43.9 Å². The van der Waals surface area contributed by atoms with Crippen LogP contribution in [-0.2, 0) is 7.05 Å². The molecule has 0 amide bonds. The van der Waals surface area contributed by atoms with Crippen molar-refractivity contribution in [1.82, 2.24) is 24.7 Å². The average Bonchev–Trinajstić information content (AvgIpc) is 3.08. The Morgan fingerprint density at radius 2 is 1.92 bits per heavy atom. The molecule has 0 aliphatic heterocycles. The Kier molecular flexibility index (Phi) is 12.8. The number of alkyl halides is 5. The normalized spacial score (nSPS) is 13.2. The van der Waals surface area contributed by atoms with Crippen molar-refractivity contribution in [1.29, 1.82) is 0 Å². The van der Waals surface area contributed by atoms with Crippen molar-refractivity contribution < 1.29 is 78.1 Å². The van der Waals surface area contributed by atoms with Gasteiger partial charge in [0.15, 0.2) is 12.2 Å². The summed E-state index contributed by atoms with van der Waals surface area (Å²) in [5, 5.41) is 4.42. The Morgan fingerprint density at radius 1 is 1.24 bits per heavy atom. The zero-order valence-corrected chi connectivity index (χ0v) is 24.6. The zero-order valence-electron chi connectivity index (χ0n) is 21.5. The predicted octanol–water partition coefficient (Wildman–Crippen LogP) is 1.30. The van der Waals surface area contributed by atoms with Crippen molar-refractivity contribution in [2.75, 3.05) is 6.61 Å². The minimum atomic E-state index is -4.60. The fraction of sp³-hybridized carbons (Fsp3) is 0.375. The Hall–Kier alpha value is -2.13. The minimum absolute atomic E-state index is 0. The molecular weight excluding hydrogens is 540 g/mol. The van der Waals surface area contributed by atoms with Crippen molar-refractivity contribution in [3.63, 3.8) is 0 Å². The molecule has 0 fully saturated rings. The standard InChI is InChI=1S/C23H23F5N5O3.CH3.K/c1-4-16(18(20(24)25)14-7-15(10-29-8-14)36-11-23(26,27)28)19-17(12(2)33(3)32-19)6-5-13-9-30-22(35)31-21(13)34;;/h6-10,16,18,20H,4,11H2,1-3H3,(H2,30,31,34,35);1H3;/q2*-1;+1/t16?,18-;;/m1../s1. The predicted molar refractivity (Wildman–Crippen MR) is 126 cm³/mol. The summed E-state index contributed by atoms with van der Waals surface area (Å²) >= 11 is 0. The van der Waals surface area contributed by atoms with Gasteiger partial charge in [-0.1, -0.05) is 24.2 Å². The van der Waals surface area contributed by atoms with Gasteiger partial charge in [0, 0.05) is 30.6 Å². The summed E-state index contributed by atoms with van der Waals surface area (Å²) in [5.41, 5.74) is -0.0280. The third-order valence-electron chi connectivity index (χ3n) is 5.62. The van der Waals surface area contributed by atoms with E-state index in [9.17, 15) is 31.5 Å². The molecule has 14 heteroatoms. The largest absolute Gasteiger partial charge is 1.00 e. The number of rotatable bonds is 9. The monoisotopic (exact) mass is 566 g/mol. The summed E-state index contributed by atoms with van der Waals surface area (Å²) in [6, 6.07) is 1.12. The van der Waals surface area contributed by atoms with E-state index in [2.05, 4.69) is 30.9 Å². The molecule has 0 spiro atoms. The van der Waals surface area contributed by atoms with E-state index in [0.717, 1.165) is 18.5 Å². The quantitative estimate of drug-likeness (QED) is 0.231. The van der Waals surface area contributed by atoms with Gasteiger partial charge in [0.2, 0.25) is 6.43 Å². The number of aromatic nitrogens is 5. The smallest absolute Gasteiger partial charge is 0.482 e. The molecule has 0 saturated heterocycles. The van der Waals surface area contributed by atoms with Crippen LogP contribution in [0.2, 0.25) is 0 Å². The van der Waals surface area contributed by atoms with E-state index in [1.165, 1.54) is 17.0 Å².